The van der Waals surface area contributed by atoms with Crippen molar-refractivity contribution in [2.75, 3.05) is 38.2 Å². The lowest BCUT2D eigenvalue weighted by molar-refractivity contribution is 0.269. The molecular weight excluding hydrogens is 358 g/mol. The van der Waals surface area contributed by atoms with Crippen molar-refractivity contribution in [3.05, 3.63) is 84.4 Å². The quantitative estimate of drug-likeness (QED) is 0.584. The van der Waals surface area contributed by atoms with Crippen LogP contribution in [0.4, 0.5) is 5.69 Å². The first kappa shape index (κ1) is 19.1. The van der Waals surface area contributed by atoms with E-state index in [0.717, 1.165) is 48.9 Å². The molecule has 0 radical (unpaired) electrons. The van der Waals surface area contributed by atoms with Crippen molar-refractivity contribution < 1.29 is 4.74 Å². The van der Waals surface area contributed by atoms with Crippen molar-refractivity contribution in [2.24, 2.45) is 5.10 Å². The third kappa shape index (κ3) is 4.43. The molecule has 0 atom stereocenters. The van der Waals surface area contributed by atoms with Gasteiger partial charge >= 0.3 is 0 Å². The third-order valence-electron chi connectivity index (χ3n) is 5.38. The zero-order valence-corrected chi connectivity index (χ0v) is 17.1. The summed E-state index contributed by atoms with van der Waals surface area (Å²) in [6, 6.07) is 27.3. The normalized spacial score (nSPS) is 14.8. The maximum Gasteiger partial charge on any atom is 0.142 e. The molecule has 0 amide bonds. The van der Waals surface area contributed by atoms with E-state index in [4.69, 9.17) is 9.84 Å². The lowest BCUT2D eigenvalue weighted by Crippen LogP contribution is -2.44. The Hall–Kier alpha value is -3.27. The molecular formula is C25H27N3O. The van der Waals surface area contributed by atoms with Crippen molar-refractivity contribution in [3.63, 3.8) is 0 Å². The lowest BCUT2D eigenvalue weighted by atomic mass is 10.0. The fourth-order valence-corrected chi connectivity index (χ4v) is 3.73. The minimum absolute atomic E-state index is 0.900. The first-order chi connectivity index (χ1) is 14.2. The average molecular weight is 386 g/mol. The van der Waals surface area contributed by atoms with E-state index in [1.165, 1.54) is 11.1 Å². The van der Waals surface area contributed by atoms with Crippen LogP contribution in [-0.4, -0.2) is 44.0 Å². The summed E-state index contributed by atoms with van der Waals surface area (Å²) >= 11 is 0. The zero-order valence-electron chi connectivity index (χ0n) is 17.1. The molecule has 3 aromatic rings. The Morgan fingerprint density at radius 2 is 1.38 bits per heavy atom. The molecule has 148 valence electrons. The lowest BCUT2D eigenvalue weighted by Gasteiger charge is -2.35. The van der Waals surface area contributed by atoms with Gasteiger partial charge < -0.3 is 9.64 Å². The molecule has 1 aliphatic heterocycles. The van der Waals surface area contributed by atoms with E-state index < -0.39 is 0 Å². The van der Waals surface area contributed by atoms with Crippen LogP contribution in [0.15, 0.2) is 84.0 Å². The molecule has 3 aromatic carbocycles. The smallest absolute Gasteiger partial charge is 0.142 e. The summed E-state index contributed by atoms with van der Waals surface area (Å²) in [5.74, 6) is 0.930. The maximum atomic E-state index is 5.51. The van der Waals surface area contributed by atoms with Crippen molar-refractivity contribution in [1.82, 2.24) is 5.01 Å². The minimum Gasteiger partial charge on any atom is -0.495 e. The summed E-state index contributed by atoms with van der Waals surface area (Å²) in [6.45, 7) is 5.76. The maximum absolute atomic E-state index is 5.51. The van der Waals surface area contributed by atoms with Crippen LogP contribution in [0.3, 0.4) is 0 Å². The molecule has 0 spiro atoms. The fourth-order valence-electron chi connectivity index (χ4n) is 3.73. The van der Waals surface area contributed by atoms with Gasteiger partial charge in [-0.05, 0) is 35.7 Å². The molecule has 1 aliphatic rings. The van der Waals surface area contributed by atoms with E-state index in [-0.39, 0.29) is 0 Å². The molecule has 0 unspecified atom stereocenters. The van der Waals surface area contributed by atoms with Gasteiger partial charge in [-0.3, -0.25) is 5.01 Å². The van der Waals surface area contributed by atoms with Crippen LogP contribution >= 0.6 is 0 Å². The van der Waals surface area contributed by atoms with E-state index in [2.05, 4.69) is 77.5 Å². The highest BCUT2D eigenvalue weighted by molar-refractivity contribution is 5.98. The Bertz CT molecular complexity index is 959. The van der Waals surface area contributed by atoms with Gasteiger partial charge in [0.2, 0.25) is 0 Å². The topological polar surface area (TPSA) is 28.1 Å². The van der Waals surface area contributed by atoms with Gasteiger partial charge in [-0.15, -0.1) is 0 Å². The van der Waals surface area contributed by atoms with E-state index in [1.54, 1.807) is 7.11 Å². The highest BCUT2D eigenvalue weighted by atomic mass is 16.5. The van der Waals surface area contributed by atoms with Crippen molar-refractivity contribution >= 4 is 11.4 Å². The van der Waals surface area contributed by atoms with E-state index in [9.17, 15) is 0 Å². The molecule has 4 heteroatoms. The SMILES string of the molecule is COc1ccccc1N1CCN(N=C(C)c2ccc(-c3ccccc3)cc2)CC1. The second-order valence-corrected chi connectivity index (χ2v) is 7.24. The number of hydrogen-bond donors (Lipinski definition) is 0. The van der Waals surface area contributed by atoms with Crippen LogP contribution in [0.1, 0.15) is 12.5 Å². The van der Waals surface area contributed by atoms with E-state index in [0.29, 0.717) is 0 Å². The Kier molecular flexibility index (Phi) is 5.80. The van der Waals surface area contributed by atoms with Gasteiger partial charge in [0.15, 0.2) is 0 Å². The van der Waals surface area contributed by atoms with Crippen LogP contribution in [0.25, 0.3) is 11.1 Å². The monoisotopic (exact) mass is 385 g/mol. The van der Waals surface area contributed by atoms with E-state index >= 15 is 0 Å². The van der Waals surface area contributed by atoms with Gasteiger partial charge in [0.1, 0.15) is 5.75 Å². The first-order valence-corrected chi connectivity index (χ1v) is 10.1. The largest absolute Gasteiger partial charge is 0.495 e. The Labute approximate surface area is 173 Å². The van der Waals surface area contributed by atoms with Gasteiger partial charge in [-0.1, -0.05) is 66.7 Å². The molecule has 0 aliphatic carbocycles. The number of hydrogen-bond acceptors (Lipinski definition) is 4. The Morgan fingerprint density at radius 1 is 0.759 bits per heavy atom. The van der Waals surface area contributed by atoms with Crippen LogP contribution < -0.4 is 9.64 Å². The summed E-state index contributed by atoms with van der Waals surface area (Å²) in [5.41, 5.74) is 5.84. The molecule has 4 rings (SSSR count). The molecule has 4 nitrogen and oxygen atoms in total. The molecule has 0 bridgehead atoms. The predicted molar refractivity (Wildman–Crippen MR) is 121 cm³/mol. The number of benzene rings is 3. The Balaban J connectivity index is 1.40. The van der Waals surface area contributed by atoms with Gasteiger partial charge in [0, 0.05) is 13.1 Å². The van der Waals surface area contributed by atoms with Crippen LogP contribution in [-0.2, 0) is 0 Å². The van der Waals surface area contributed by atoms with Crippen molar-refractivity contribution in [3.8, 4) is 16.9 Å². The van der Waals surface area contributed by atoms with Crippen molar-refractivity contribution in [2.45, 2.75) is 6.92 Å². The summed E-state index contributed by atoms with van der Waals surface area (Å²) in [4.78, 5) is 2.37. The number of anilines is 1. The molecule has 1 fully saturated rings. The molecule has 0 saturated carbocycles. The molecule has 1 saturated heterocycles. The number of para-hydroxylation sites is 2. The molecule has 0 N–H and O–H groups in total. The summed E-state index contributed by atoms with van der Waals surface area (Å²) in [5, 5.41) is 7.04. The number of nitrogens with zero attached hydrogens (tertiary/aromatic N) is 3. The van der Waals surface area contributed by atoms with Gasteiger partial charge in [-0.2, -0.15) is 5.10 Å². The van der Waals surface area contributed by atoms with Crippen LogP contribution in [0.2, 0.25) is 0 Å². The van der Waals surface area contributed by atoms with Gasteiger partial charge in [0.25, 0.3) is 0 Å². The standard InChI is InChI=1S/C25H27N3O/c1-20(21-12-14-23(15-13-21)22-8-4-3-5-9-22)26-28-18-16-27(17-19-28)24-10-6-7-11-25(24)29-2/h3-15H,16-19H2,1-2H3. The van der Waals surface area contributed by atoms with Crippen molar-refractivity contribution in [1.29, 1.82) is 0 Å². The minimum atomic E-state index is 0.900. The first-order valence-electron chi connectivity index (χ1n) is 10.1. The molecule has 1 heterocycles. The second-order valence-electron chi connectivity index (χ2n) is 7.24. The number of piperazine rings is 1. The van der Waals surface area contributed by atoms with Crippen LogP contribution in [0.5, 0.6) is 5.75 Å². The number of methoxy groups -OCH3 is 1. The Morgan fingerprint density at radius 3 is 2.07 bits per heavy atom. The molecule has 29 heavy (non-hydrogen) atoms. The highest BCUT2D eigenvalue weighted by Crippen LogP contribution is 2.28. The summed E-state index contributed by atoms with van der Waals surface area (Å²) in [6.07, 6.45) is 0. The predicted octanol–water partition coefficient (Wildman–Crippen LogP) is 4.91. The van der Waals surface area contributed by atoms with Gasteiger partial charge in [0.05, 0.1) is 31.6 Å². The number of ether oxygens (including phenoxy) is 1. The number of rotatable bonds is 5. The second kappa shape index (κ2) is 8.82. The average Bonchev–Trinajstić information content (AvgIpc) is 2.80. The highest BCUT2D eigenvalue weighted by Gasteiger charge is 2.18. The number of hydrazone groups is 1. The van der Waals surface area contributed by atoms with Crippen LogP contribution in [0, 0.1) is 0 Å². The summed E-state index contributed by atoms with van der Waals surface area (Å²) < 4.78 is 5.51. The third-order valence-corrected chi connectivity index (χ3v) is 5.38. The fraction of sp³-hybridized carbons (Fsp3) is 0.240. The zero-order chi connectivity index (χ0) is 20.1. The summed E-state index contributed by atoms with van der Waals surface area (Å²) in [7, 11) is 1.73. The molecule has 0 aromatic heterocycles. The van der Waals surface area contributed by atoms with E-state index in [1.807, 2.05) is 18.2 Å². The van der Waals surface area contributed by atoms with Gasteiger partial charge in [-0.25, -0.2) is 0 Å².